The summed E-state index contributed by atoms with van der Waals surface area (Å²) in [7, 11) is 0. The summed E-state index contributed by atoms with van der Waals surface area (Å²) in [5.41, 5.74) is -0.125. The Kier molecular flexibility index (Phi) is 5.66. The lowest BCUT2D eigenvalue weighted by atomic mass is 10.1. The van der Waals surface area contributed by atoms with Crippen LogP contribution in [0.15, 0.2) is 30.3 Å². The highest BCUT2D eigenvalue weighted by Crippen LogP contribution is 2.24. The maximum atomic E-state index is 13.0. The number of likely N-dealkylation sites (tertiary alicyclic amines) is 1. The lowest BCUT2D eigenvalue weighted by Gasteiger charge is -2.28. The van der Waals surface area contributed by atoms with Gasteiger partial charge in [0.15, 0.2) is 0 Å². The Labute approximate surface area is 147 Å². The molecule has 7 nitrogen and oxygen atoms in total. The second-order valence-electron chi connectivity index (χ2n) is 7.02. The fourth-order valence-electron chi connectivity index (χ4n) is 2.81. The lowest BCUT2D eigenvalue weighted by molar-refractivity contribution is -0.149. The predicted molar refractivity (Wildman–Crippen MR) is 90.9 cm³/mol. The fraction of sp³-hybridized carbons (Fsp3) is 0.500. The van der Waals surface area contributed by atoms with E-state index in [9.17, 15) is 19.5 Å². The zero-order chi connectivity index (χ0) is 18.6. The molecule has 1 heterocycles. The molecular formula is C18H24N2O5. The lowest BCUT2D eigenvalue weighted by Crippen LogP contribution is -2.48. The molecule has 0 aliphatic carbocycles. The zero-order valence-electron chi connectivity index (χ0n) is 14.7. The summed E-state index contributed by atoms with van der Waals surface area (Å²) in [5.74, 6) is -1.48. The molecule has 2 rings (SSSR count). The van der Waals surface area contributed by atoms with Crippen molar-refractivity contribution in [1.29, 1.82) is 0 Å². The average molecular weight is 348 g/mol. The van der Waals surface area contributed by atoms with Crippen LogP contribution >= 0.6 is 0 Å². The Morgan fingerprint density at radius 3 is 2.44 bits per heavy atom. The number of aliphatic carboxylic acids is 1. The predicted octanol–water partition coefficient (Wildman–Crippen LogP) is 2.33. The van der Waals surface area contributed by atoms with Crippen LogP contribution in [0.5, 0.6) is 0 Å². The van der Waals surface area contributed by atoms with E-state index < -0.39 is 35.7 Å². The van der Waals surface area contributed by atoms with E-state index in [2.05, 4.69) is 5.32 Å². The summed E-state index contributed by atoms with van der Waals surface area (Å²) < 4.78 is 5.24. The first kappa shape index (κ1) is 18.8. The highest BCUT2D eigenvalue weighted by molar-refractivity contribution is 5.90. The van der Waals surface area contributed by atoms with Crippen molar-refractivity contribution in [2.75, 3.05) is 6.54 Å². The van der Waals surface area contributed by atoms with Crippen LogP contribution in [0, 0.1) is 0 Å². The Bertz CT molecular complexity index is 639. The van der Waals surface area contributed by atoms with E-state index in [1.807, 2.05) is 0 Å². The number of hydrogen-bond acceptors (Lipinski definition) is 4. The molecule has 1 aliphatic heterocycles. The van der Waals surface area contributed by atoms with E-state index in [4.69, 9.17) is 4.74 Å². The van der Waals surface area contributed by atoms with E-state index in [0.717, 1.165) is 0 Å². The number of carboxylic acid groups (broad SMARTS) is 1. The van der Waals surface area contributed by atoms with Gasteiger partial charge in [0.2, 0.25) is 0 Å². The van der Waals surface area contributed by atoms with E-state index in [-0.39, 0.29) is 0 Å². The van der Waals surface area contributed by atoms with Crippen LogP contribution in [0.2, 0.25) is 0 Å². The van der Waals surface area contributed by atoms with Gasteiger partial charge < -0.3 is 20.1 Å². The molecule has 0 radical (unpaired) electrons. The maximum Gasteiger partial charge on any atom is 0.408 e. The Morgan fingerprint density at radius 2 is 1.88 bits per heavy atom. The normalized spacial score (nSPS) is 18.5. The number of carbonyl (C=O) groups is 3. The number of carboxylic acids is 1. The SMILES string of the molecule is CC(C)(C)OC(=O)NC(C(=O)N1CCC[C@@H]1C(=O)O)c1ccccc1. The topological polar surface area (TPSA) is 95.9 Å². The van der Waals surface area contributed by atoms with Gasteiger partial charge >= 0.3 is 12.1 Å². The van der Waals surface area contributed by atoms with Crippen LogP contribution in [0.3, 0.4) is 0 Å². The van der Waals surface area contributed by atoms with Crippen LogP contribution in [-0.2, 0) is 14.3 Å². The third kappa shape index (κ3) is 4.95. The minimum atomic E-state index is -1.03. The summed E-state index contributed by atoms with van der Waals surface area (Å²) in [6.45, 7) is 5.54. The molecule has 0 aromatic heterocycles. The summed E-state index contributed by atoms with van der Waals surface area (Å²) >= 11 is 0. The van der Waals surface area contributed by atoms with Crippen molar-refractivity contribution in [3.63, 3.8) is 0 Å². The Hall–Kier alpha value is -2.57. The smallest absolute Gasteiger partial charge is 0.408 e. The van der Waals surface area contributed by atoms with Crippen LogP contribution in [-0.4, -0.2) is 46.2 Å². The van der Waals surface area contributed by atoms with Gasteiger partial charge in [0.1, 0.15) is 17.7 Å². The minimum absolute atomic E-state index is 0.356. The van der Waals surface area contributed by atoms with Crippen molar-refractivity contribution >= 4 is 18.0 Å². The van der Waals surface area contributed by atoms with Crippen molar-refractivity contribution in [2.45, 2.75) is 51.3 Å². The van der Waals surface area contributed by atoms with Gasteiger partial charge in [0, 0.05) is 6.54 Å². The van der Waals surface area contributed by atoms with E-state index in [1.54, 1.807) is 51.1 Å². The molecule has 0 spiro atoms. The van der Waals surface area contributed by atoms with Crippen molar-refractivity contribution in [1.82, 2.24) is 10.2 Å². The Morgan fingerprint density at radius 1 is 1.24 bits per heavy atom. The molecule has 1 fully saturated rings. The second-order valence-corrected chi connectivity index (χ2v) is 7.02. The standard InChI is InChI=1S/C18H24N2O5/c1-18(2,3)25-17(24)19-14(12-8-5-4-6-9-12)15(21)20-11-7-10-13(20)16(22)23/h4-6,8-9,13-14H,7,10-11H2,1-3H3,(H,19,24)(H,22,23)/t13-,14?/m1/s1. The zero-order valence-corrected chi connectivity index (χ0v) is 14.7. The largest absolute Gasteiger partial charge is 0.480 e. The van der Waals surface area contributed by atoms with Crippen LogP contribution in [0.25, 0.3) is 0 Å². The van der Waals surface area contributed by atoms with Gasteiger partial charge in [-0.25, -0.2) is 9.59 Å². The number of nitrogens with one attached hydrogen (secondary N) is 1. The number of nitrogens with zero attached hydrogens (tertiary/aromatic N) is 1. The third-order valence-corrected chi connectivity index (χ3v) is 3.86. The molecule has 0 bridgehead atoms. The van der Waals surface area contributed by atoms with Crippen LogP contribution < -0.4 is 5.32 Å². The number of benzene rings is 1. The van der Waals surface area contributed by atoms with Gasteiger partial charge in [-0.3, -0.25) is 4.79 Å². The molecule has 1 aromatic carbocycles. The van der Waals surface area contributed by atoms with E-state index in [0.29, 0.717) is 24.9 Å². The summed E-state index contributed by atoms with van der Waals surface area (Å²) in [5, 5.41) is 11.9. The molecule has 25 heavy (non-hydrogen) atoms. The number of ether oxygens (including phenoxy) is 1. The highest BCUT2D eigenvalue weighted by atomic mass is 16.6. The Balaban J connectivity index is 2.24. The second kappa shape index (κ2) is 7.55. The molecule has 136 valence electrons. The third-order valence-electron chi connectivity index (χ3n) is 3.86. The first-order chi connectivity index (χ1) is 11.7. The number of alkyl carbamates (subject to hydrolysis) is 1. The average Bonchev–Trinajstić information content (AvgIpc) is 3.01. The van der Waals surface area contributed by atoms with Crippen molar-refractivity contribution in [3.05, 3.63) is 35.9 Å². The van der Waals surface area contributed by atoms with E-state index in [1.165, 1.54) is 4.90 Å². The molecule has 1 unspecified atom stereocenters. The van der Waals surface area contributed by atoms with Gasteiger partial charge in [-0.1, -0.05) is 30.3 Å². The molecular weight excluding hydrogens is 324 g/mol. The van der Waals surface area contributed by atoms with Crippen molar-refractivity contribution in [3.8, 4) is 0 Å². The van der Waals surface area contributed by atoms with Crippen LogP contribution in [0.1, 0.15) is 45.2 Å². The molecule has 2 amide bonds. The molecule has 2 atom stereocenters. The highest BCUT2D eigenvalue weighted by Gasteiger charge is 2.38. The molecule has 7 heteroatoms. The van der Waals surface area contributed by atoms with Gasteiger partial charge in [0.25, 0.3) is 5.91 Å². The molecule has 2 N–H and O–H groups in total. The van der Waals surface area contributed by atoms with Gasteiger partial charge in [-0.05, 0) is 39.2 Å². The van der Waals surface area contributed by atoms with Crippen molar-refractivity contribution < 1.29 is 24.2 Å². The van der Waals surface area contributed by atoms with E-state index >= 15 is 0 Å². The summed E-state index contributed by atoms with van der Waals surface area (Å²) in [4.78, 5) is 37.8. The number of amides is 2. The summed E-state index contributed by atoms with van der Waals surface area (Å²) in [6.07, 6.45) is 0.312. The first-order valence-electron chi connectivity index (χ1n) is 8.27. The monoisotopic (exact) mass is 348 g/mol. The molecule has 1 aromatic rings. The van der Waals surface area contributed by atoms with Gasteiger partial charge in [-0.2, -0.15) is 0 Å². The maximum absolute atomic E-state index is 13.0. The summed E-state index contributed by atoms with van der Waals surface area (Å²) in [6, 6.07) is 6.89. The molecule has 1 saturated heterocycles. The quantitative estimate of drug-likeness (QED) is 0.870. The first-order valence-corrected chi connectivity index (χ1v) is 8.27. The van der Waals surface area contributed by atoms with Crippen LogP contribution in [0.4, 0.5) is 4.79 Å². The van der Waals surface area contributed by atoms with Gasteiger partial charge in [0.05, 0.1) is 0 Å². The number of carbonyl (C=O) groups excluding carboxylic acids is 2. The fourth-order valence-corrected chi connectivity index (χ4v) is 2.81. The van der Waals surface area contributed by atoms with Gasteiger partial charge in [-0.15, -0.1) is 0 Å². The number of rotatable bonds is 4. The van der Waals surface area contributed by atoms with Crippen molar-refractivity contribution in [2.24, 2.45) is 0 Å². The molecule has 1 aliphatic rings. The molecule has 0 saturated carbocycles. The number of hydrogen-bond donors (Lipinski definition) is 2. The minimum Gasteiger partial charge on any atom is -0.480 e.